The molecule has 0 aromatic heterocycles. The van der Waals surface area contributed by atoms with Crippen molar-refractivity contribution in [2.45, 2.75) is 25.1 Å². The van der Waals surface area contributed by atoms with Gasteiger partial charge >= 0.3 is 6.18 Å². The molecule has 1 saturated heterocycles. The third-order valence-corrected chi connectivity index (χ3v) is 2.44. The first-order valence-electron chi connectivity index (χ1n) is 3.88. The Labute approximate surface area is 68.8 Å². The van der Waals surface area contributed by atoms with Gasteiger partial charge in [0.1, 0.15) is 0 Å². The second-order valence-corrected chi connectivity index (χ2v) is 3.28. The van der Waals surface area contributed by atoms with Crippen molar-refractivity contribution in [3.63, 3.8) is 0 Å². The SMILES string of the molecule is C[C@H]1CNCC[C@@]1(O)C(F)(F)F. The highest BCUT2D eigenvalue weighted by Crippen LogP contribution is 2.39. The summed E-state index contributed by atoms with van der Waals surface area (Å²) >= 11 is 0. The van der Waals surface area contributed by atoms with Gasteiger partial charge in [0.25, 0.3) is 0 Å². The lowest BCUT2D eigenvalue weighted by atomic mass is 9.82. The Morgan fingerprint density at radius 2 is 2.08 bits per heavy atom. The molecule has 0 bridgehead atoms. The zero-order valence-corrected chi connectivity index (χ0v) is 6.78. The summed E-state index contributed by atoms with van der Waals surface area (Å²) in [5.41, 5.74) is -2.49. The minimum Gasteiger partial charge on any atom is -0.380 e. The lowest BCUT2D eigenvalue weighted by molar-refractivity contribution is -0.283. The van der Waals surface area contributed by atoms with Crippen LogP contribution in [0.25, 0.3) is 0 Å². The third-order valence-electron chi connectivity index (χ3n) is 2.44. The highest BCUT2D eigenvalue weighted by atomic mass is 19.4. The smallest absolute Gasteiger partial charge is 0.380 e. The van der Waals surface area contributed by atoms with Gasteiger partial charge in [-0.1, -0.05) is 6.92 Å². The summed E-state index contributed by atoms with van der Waals surface area (Å²) in [7, 11) is 0. The van der Waals surface area contributed by atoms with Gasteiger partial charge in [-0.15, -0.1) is 0 Å². The molecule has 0 saturated carbocycles. The van der Waals surface area contributed by atoms with Crippen LogP contribution in [0.2, 0.25) is 0 Å². The molecular weight excluding hydrogens is 171 g/mol. The molecule has 0 radical (unpaired) electrons. The topological polar surface area (TPSA) is 32.3 Å². The number of nitrogens with one attached hydrogen (secondary N) is 1. The number of alkyl halides is 3. The van der Waals surface area contributed by atoms with Crippen LogP contribution in [0.1, 0.15) is 13.3 Å². The van der Waals surface area contributed by atoms with Gasteiger partial charge in [0.2, 0.25) is 0 Å². The second-order valence-electron chi connectivity index (χ2n) is 3.28. The highest BCUT2D eigenvalue weighted by Gasteiger charge is 2.57. The molecule has 5 heteroatoms. The van der Waals surface area contributed by atoms with Crippen LogP contribution in [0.4, 0.5) is 13.2 Å². The molecule has 12 heavy (non-hydrogen) atoms. The van der Waals surface area contributed by atoms with E-state index in [0.29, 0.717) is 0 Å². The molecule has 1 fully saturated rings. The zero-order chi connectivity index (χ0) is 9.41. The van der Waals surface area contributed by atoms with Crippen LogP contribution in [0, 0.1) is 5.92 Å². The fraction of sp³-hybridized carbons (Fsp3) is 1.00. The number of halogens is 3. The Bertz CT molecular complexity index is 171. The molecular formula is C7H12F3NO. The Morgan fingerprint density at radius 3 is 2.42 bits per heavy atom. The highest BCUT2D eigenvalue weighted by molar-refractivity contribution is 4.95. The number of rotatable bonds is 0. The van der Waals surface area contributed by atoms with Crippen LogP contribution in [0.5, 0.6) is 0 Å². The summed E-state index contributed by atoms with van der Waals surface area (Å²) in [6, 6.07) is 0. The van der Waals surface area contributed by atoms with Crippen molar-refractivity contribution in [3.8, 4) is 0 Å². The van der Waals surface area contributed by atoms with Gasteiger partial charge in [-0.2, -0.15) is 13.2 Å². The lowest BCUT2D eigenvalue weighted by Gasteiger charge is -2.39. The van der Waals surface area contributed by atoms with Crippen LogP contribution in [-0.2, 0) is 0 Å². The van der Waals surface area contributed by atoms with Crippen LogP contribution in [0.15, 0.2) is 0 Å². The van der Waals surface area contributed by atoms with Gasteiger partial charge in [-0.05, 0) is 13.0 Å². The molecule has 0 aliphatic carbocycles. The molecule has 2 nitrogen and oxygen atoms in total. The van der Waals surface area contributed by atoms with Crippen molar-refractivity contribution in [2.24, 2.45) is 5.92 Å². The minimum atomic E-state index is -4.51. The summed E-state index contributed by atoms with van der Waals surface area (Å²) in [5, 5.41) is 12.1. The van der Waals surface area contributed by atoms with Crippen LogP contribution in [0.3, 0.4) is 0 Å². The molecule has 2 N–H and O–H groups in total. The number of hydrogen-bond acceptors (Lipinski definition) is 2. The molecule has 0 amide bonds. The number of aliphatic hydroxyl groups is 1. The fourth-order valence-corrected chi connectivity index (χ4v) is 1.43. The van der Waals surface area contributed by atoms with E-state index in [1.54, 1.807) is 0 Å². The molecule has 1 aliphatic heterocycles. The van der Waals surface area contributed by atoms with Gasteiger partial charge in [-0.25, -0.2) is 0 Å². The summed E-state index contributed by atoms with van der Waals surface area (Å²) in [6.45, 7) is 1.84. The summed E-state index contributed by atoms with van der Waals surface area (Å²) < 4.78 is 36.9. The molecule has 0 spiro atoms. The first-order valence-corrected chi connectivity index (χ1v) is 3.88. The summed E-state index contributed by atoms with van der Waals surface area (Å²) in [6.07, 6.45) is -4.76. The largest absolute Gasteiger partial charge is 0.417 e. The third kappa shape index (κ3) is 1.43. The molecule has 1 heterocycles. The van der Waals surface area contributed by atoms with E-state index in [-0.39, 0.29) is 19.5 Å². The summed E-state index contributed by atoms with van der Waals surface area (Å²) in [4.78, 5) is 0. The van der Waals surface area contributed by atoms with Gasteiger partial charge in [-0.3, -0.25) is 0 Å². The van der Waals surface area contributed by atoms with Crippen LogP contribution >= 0.6 is 0 Å². The molecule has 72 valence electrons. The quantitative estimate of drug-likeness (QED) is 0.585. The maximum absolute atomic E-state index is 12.3. The normalized spacial score (nSPS) is 38.2. The monoisotopic (exact) mass is 183 g/mol. The van der Waals surface area contributed by atoms with Crippen molar-refractivity contribution in [3.05, 3.63) is 0 Å². The molecule has 0 aromatic carbocycles. The van der Waals surface area contributed by atoms with E-state index < -0.39 is 17.7 Å². The van der Waals surface area contributed by atoms with Gasteiger partial charge in [0, 0.05) is 12.5 Å². The fourth-order valence-electron chi connectivity index (χ4n) is 1.43. The Kier molecular flexibility index (Phi) is 2.35. The van der Waals surface area contributed by atoms with E-state index in [1.165, 1.54) is 6.92 Å². The van der Waals surface area contributed by atoms with E-state index in [2.05, 4.69) is 5.32 Å². The Balaban J connectivity index is 2.79. The Morgan fingerprint density at radius 1 is 1.50 bits per heavy atom. The standard InChI is InChI=1S/C7H12F3NO/c1-5-4-11-3-2-6(5,12)7(8,9)10/h5,11-12H,2-4H2,1H3/t5-,6-/m0/s1. The van der Waals surface area contributed by atoms with Crippen LogP contribution in [-0.4, -0.2) is 30.0 Å². The summed E-state index contributed by atoms with van der Waals surface area (Å²) in [5.74, 6) is -0.772. The van der Waals surface area contributed by atoms with E-state index >= 15 is 0 Å². The minimum absolute atomic E-state index is 0.218. The Hall–Kier alpha value is -0.290. The molecule has 1 rings (SSSR count). The van der Waals surface area contributed by atoms with E-state index in [1.807, 2.05) is 0 Å². The number of piperidine rings is 1. The predicted octanol–water partition coefficient (Wildman–Crippen LogP) is 0.909. The van der Waals surface area contributed by atoms with Crippen molar-refractivity contribution >= 4 is 0 Å². The van der Waals surface area contributed by atoms with E-state index in [0.717, 1.165) is 0 Å². The van der Waals surface area contributed by atoms with Crippen molar-refractivity contribution in [2.75, 3.05) is 13.1 Å². The van der Waals surface area contributed by atoms with Gasteiger partial charge in [0.05, 0.1) is 0 Å². The number of hydrogen-bond donors (Lipinski definition) is 2. The maximum Gasteiger partial charge on any atom is 0.417 e. The average molecular weight is 183 g/mol. The molecule has 1 aliphatic rings. The molecule has 0 unspecified atom stereocenters. The van der Waals surface area contributed by atoms with Crippen molar-refractivity contribution < 1.29 is 18.3 Å². The van der Waals surface area contributed by atoms with Crippen molar-refractivity contribution in [1.29, 1.82) is 0 Å². The zero-order valence-electron chi connectivity index (χ0n) is 6.78. The van der Waals surface area contributed by atoms with Gasteiger partial charge in [0.15, 0.2) is 5.60 Å². The van der Waals surface area contributed by atoms with Crippen LogP contribution < -0.4 is 5.32 Å². The first-order chi connectivity index (χ1) is 5.38. The van der Waals surface area contributed by atoms with E-state index in [4.69, 9.17) is 0 Å². The second kappa shape index (κ2) is 2.88. The van der Waals surface area contributed by atoms with Crippen molar-refractivity contribution in [1.82, 2.24) is 5.32 Å². The average Bonchev–Trinajstić information content (AvgIpc) is 1.93. The maximum atomic E-state index is 12.3. The van der Waals surface area contributed by atoms with Gasteiger partial charge < -0.3 is 10.4 Å². The molecule has 0 aromatic rings. The first kappa shape index (κ1) is 9.80. The van der Waals surface area contributed by atoms with E-state index in [9.17, 15) is 18.3 Å². The predicted molar refractivity (Wildman–Crippen MR) is 37.7 cm³/mol. The lowest BCUT2D eigenvalue weighted by Crippen LogP contribution is -2.57. The molecule has 2 atom stereocenters.